The Labute approximate surface area is 83.1 Å². The zero-order valence-electron chi connectivity index (χ0n) is 8.52. The summed E-state index contributed by atoms with van der Waals surface area (Å²) in [6.07, 6.45) is 4.72. The molecule has 1 fully saturated rings. The quantitative estimate of drug-likeness (QED) is 0.650. The van der Waals surface area contributed by atoms with Gasteiger partial charge < -0.3 is 15.3 Å². The maximum atomic E-state index is 11.0. The van der Waals surface area contributed by atoms with Gasteiger partial charge in [-0.2, -0.15) is 0 Å². The van der Waals surface area contributed by atoms with E-state index >= 15 is 0 Å². The second-order valence-corrected chi connectivity index (χ2v) is 4.03. The normalized spacial score (nSPS) is 22.5. The summed E-state index contributed by atoms with van der Waals surface area (Å²) in [6, 6.07) is 0.536. The van der Waals surface area contributed by atoms with Gasteiger partial charge in [0.05, 0.1) is 0 Å². The molecule has 1 aromatic rings. The van der Waals surface area contributed by atoms with Crippen LogP contribution in [0, 0.1) is 6.92 Å². The molecule has 1 aliphatic rings. The lowest BCUT2D eigenvalue weighted by Gasteiger charge is -2.22. The Morgan fingerprint density at radius 3 is 2.79 bits per heavy atom. The third-order valence-electron chi connectivity index (χ3n) is 2.88. The van der Waals surface area contributed by atoms with Gasteiger partial charge in [-0.25, -0.2) is 4.79 Å². The van der Waals surface area contributed by atoms with Gasteiger partial charge in [-0.05, 0) is 26.3 Å². The van der Waals surface area contributed by atoms with Crippen molar-refractivity contribution in [2.24, 2.45) is 0 Å². The smallest absolute Gasteiger partial charge is 0.314 e. The van der Waals surface area contributed by atoms with Crippen LogP contribution in [0.4, 0.5) is 0 Å². The fourth-order valence-electron chi connectivity index (χ4n) is 2.06. The molecule has 0 radical (unpaired) electrons. The van der Waals surface area contributed by atoms with Gasteiger partial charge in [0.1, 0.15) is 0 Å². The van der Waals surface area contributed by atoms with Gasteiger partial charge in [-0.3, -0.25) is 0 Å². The molecule has 3 N–H and O–H groups in total. The minimum atomic E-state index is -0.0895. The van der Waals surface area contributed by atoms with E-state index in [9.17, 15) is 4.79 Å². The molecule has 0 aliphatic carbocycles. The second kappa shape index (κ2) is 4.00. The van der Waals surface area contributed by atoms with Crippen molar-refractivity contribution in [2.75, 3.05) is 6.54 Å². The number of nitrogens with one attached hydrogen (secondary N) is 3. The molecule has 1 aromatic heterocycles. The highest BCUT2D eigenvalue weighted by atomic mass is 16.1. The number of piperidine rings is 1. The van der Waals surface area contributed by atoms with Crippen LogP contribution in [-0.4, -0.2) is 22.6 Å². The number of H-pyrrole nitrogens is 2. The fraction of sp³-hybridized carbons (Fsp3) is 0.700. The molecule has 1 atom stereocenters. The molecule has 1 saturated heterocycles. The van der Waals surface area contributed by atoms with Crippen molar-refractivity contribution in [3.05, 3.63) is 21.9 Å². The number of aromatic nitrogens is 2. The lowest BCUT2D eigenvalue weighted by atomic mass is 10.00. The first-order valence-electron chi connectivity index (χ1n) is 5.27. The molecule has 4 heteroatoms. The first-order valence-corrected chi connectivity index (χ1v) is 5.27. The number of aromatic amines is 2. The Balaban J connectivity index is 2.02. The number of hydrogen-bond donors (Lipinski definition) is 3. The van der Waals surface area contributed by atoms with Crippen LogP contribution in [-0.2, 0) is 6.42 Å². The van der Waals surface area contributed by atoms with Crippen LogP contribution < -0.4 is 11.0 Å². The summed E-state index contributed by atoms with van der Waals surface area (Å²) in [5, 5.41) is 3.47. The third kappa shape index (κ3) is 2.07. The van der Waals surface area contributed by atoms with Gasteiger partial charge in [0.25, 0.3) is 0 Å². The highest BCUT2D eigenvalue weighted by Gasteiger charge is 2.15. The average Bonchev–Trinajstić information content (AvgIpc) is 2.47. The monoisotopic (exact) mass is 195 g/mol. The van der Waals surface area contributed by atoms with Crippen LogP contribution in [0.2, 0.25) is 0 Å². The Bertz CT molecular complexity index is 346. The van der Waals surface area contributed by atoms with Crippen molar-refractivity contribution in [3.8, 4) is 0 Å². The Kier molecular flexibility index (Phi) is 2.72. The molecular weight excluding hydrogens is 178 g/mol. The standard InChI is InChI=1S/C10H17N3O/c1-7-9(13-10(14)12-7)6-8-4-2-3-5-11-8/h8,11H,2-6H2,1H3,(H2,12,13,14). The number of aryl methyl sites for hydroxylation is 1. The SMILES string of the molecule is Cc1[nH]c(=O)[nH]c1CC1CCCCN1. The minimum absolute atomic E-state index is 0.0895. The first-order chi connectivity index (χ1) is 6.75. The van der Waals surface area contributed by atoms with Crippen LogP contribution in [0.3, 0.4) is 0 Å². The van der Waals surface area contributed by atoms with Crippen molar-refractivity contribution in [3.63, 3.8) is 0 Å². The van der Waals surface area contributed by atoms with E-state index < -0.39 is 0 Å². The highest BCUT2D eigenvalue weighted by Crippen LogP contribution is 2.12. The van der Waals surface area contributed by atoms with Crippen molar-refractivity contribution in [1.29, 1.82) is 0 Å². The predicted octanol–water partition coefficient (Wildman–Crippen LogP) is 0.696. The average molecular weight is 195 g/mol. The van der Waals surface area contributed by atoms with Gasteiger partial charge in [0, 0.05) is 23.9 Å². The minimum Gasteiger partial charge on any atom is -0.314 e. The zero-order chi connectivity index (χ0) is 9.97. The number of rotatable bonds is 2. The van der Waals surface area contributed by atoms with Crippen molar-refractivity contribution in [2.45, 2.75) is 38.6 Å². The molecule has 0 bridgehead atoms. The van der Waals surface area contributed by atoms with Crippen LogP contribution in [0.15, 0.2) is 4.79 Å². The third-order valence-corrected chi connectivity index (χ3v) is 2.88. The molecule has 78 valence electrons. The van der Waals surface area contributed by atoms with E-state index in [4.69, 9.17) is 0 Å². The van der Waals surface area contributed by atoms with Crippen LogP contribution in [0.5, 0.6) is 0 Å². The van der Waals surface area contributed by atoms with E-state index in [0.717, 1.165) is 24.4 Å². The van der Waals surface area contributed by atoms with Crippen LogP contribution >= 0.6 is 0 Å². The van der Waals surface area contributed by atoms with E-state index in [1.807, 2.05) is 6.92 Å². The lowest BCUT2D eigenvalue weighted by molar-refractivity contribution is 0.397. The predicted molar refractivity (Wildman–Crippen MR) is 55.5 cm³/mol. The molecule has 0 amide bonds. The Morgan fingerprint density at radius 2 is 2.21 bits per heavy atom. The van der Waals surface area contributed by atoms with Crippen molar-refractivity contribution in [1.82, 2.24) is 15.3 Å². The molecule has 0 spiro atoms. The van der Waals surface area contributed by atoms with Crippen molar-refractivity contribution >= 4 is 0 Å². The molecule has 4 nitrogen and oxygen atoms in total. The number of imidazole rings is 1. The van der Waals surface area contributed by atoms with E-state index in [0.29, 0.717) is 6.04 Å². The van der Waals surface area contributed by atoms with E-state index in [-0.39, 0.29) is 5.69 Å². The maximum Gasteiger partial charge on any atom is 0.323 e. The molecule has 0 aromatic carbocycles. The largest absolute Gasteiger partial charge is 0.323 e. The van der Waals surface area contributed by atoms with Crippen LogP contribution in [0.25, 0.3) is 0 Å². The van der Waals surface area contributed by atoms with Crippen LogP contribution in [0.1, 0.15) is 30.7 Å². The van der Waals surface area contributed by atoms with Gasteiger partial charge in [-0.15, -0.1) is 0 Å². The van der Waals surface area contributed by atoms with Crippen molar-refractivity contribution < 1.29 is 0 Å². The summed E-state index contributed by atoms with van der Waals surface area (Å²) in [6.45, 7) is 3.05. The Hall–Kier alpha value is -1.03. The topological polar surface area (TPSA) is 60.7 Å². The summed E-state index contributed by atoms with van der Waals surface area (Å²) >= 11 is 0. The summed E-state index contributed by atoms with van der Waals surface area (Å²) in [7, 11) is 0. The summed E-state index contributed by atoms with van der Waals surface area (Å²) < 4.78 is 0. The van der Waals surface area contributed by atoms with E-state index in [2.05, 4.69) is 15.3 Å². The van der Waals surface area contributed by atoms with E-state index in [1.165, 1.54) is 19.3 Å². The molecule has 2 heterocycles. The molecule has 14 heavy (non-hydrogen) atoms. The Morgan fingerprint density at radius 1 is 1.36 bits per heavy atom. The molecule has 2 rings (SSSR count). The van der Waals surface area contributed by atoms with Gasteiger partial charge in [0.2, 0.25) is 0 Å². The summed E-state index contributed by atoms with van der Waals surface area (Å²) in [5.74, 6) is 0. The lowest BCUT2D eigenvalue weighted by Crippen LogP contribution is -2.35. The molecular formula is C10H17N3O. The van der Waals surface area contributed by atoms with Gasteiger partial charge >= 0.3 is 5.69 Å². The first kappa shape index (κ1) is 9.52. The molecule has 1 unspecified atom stereocenters. The fourth-order valence-corrected chi connectivity index (χ4v) is 2.06. The molecule has 0 saturated carbocycles. The zero-order valence-corrected chi connectivity index (χ0v) is 8.52. The maximum absolute atomic E-state index is 11.0. The summed E-state index contributed by atoms with van der Waals surface area (Å²) in [4.78, 5) is 16.6. The summed E-state index contributed by atoms with van der Waals surface area (Å²) in [5.41, 5.74) is 1.94. The molecule has 1 aliphatic heterocycles. The second-order valence-electron chi connectivity index (χ2n) is 4.03. The van der Waals surface area contributed by atoms with Gasteiger partial charge in [0.15, 0.2) is 0 Å². The van der Waals surface area contributed by atoms with E-state index in [1.54, 1.807) is 0 Å². The number of hydrogen-bond acceptors (Lipinski definition) is 2. The highest BCUT2D eigenvalue weighted by molar-refractivity contribution is 5.10. The van der Waals surface area contributed by atoms with Gasteiger partial charge in [-0.1, -0.05) is 6.42 Å².